The van der Waals surface area contributed by atoms with Crippen LogP contribution in [-0.2, 0) is 13.1 Å². The molecule has 1 aromatic rings. The second kappa shape index (κ2) is 7.31. The van der Waals surface area contributed by atoms with Gasteiger partial charge in [0.15, 0.2) is 0 Å². The van der Waals surface area contributed by atoms with Gasteiger partial charge in [-0.3, -0.25) is 0 Å². The molecule has 1 N–H and O–H groups in total. The lowest BCUT2D eigenvalue weighted by atomic mass is 10.1. The fourth-order valence-electron chi connectivity index (χ4n) is 4.43. The zero-order chi connectivity index (χ0) is 18.1. The summed E-state index contributed by atoms with van der Waals surface area (Å²) >= 11 is 0. The summed E-state index contributed by atoms with van der Waals surface area (Å²) < 4.78 is 6.15. The number of rotatable bonds is 6. The molecule has 1 unspecified atom stereocenters. The van der Waals surface area contributed by atoms with Gasteiger partial charge in [-0.15, -0.1) is 0 Å². The maximum Gasteiger partial charge on any atom is 0.318 e. The Kier molecular flexibility index (Phi) is 5.06. The maximum absolute atomic E-state index is 6.15. The van der Waals surface area contributed by atoms with Crippen LogP contribution in [-0.4, -0.2) is 54.7 Å². The standard InChI is InChI=1S/C20H33N5O/c1-15-7-5-4-6-10-25(15)18-16-11-21-12-17(16)22-19(23-18)26-14-20(8-9-20)13-24(2)3/h15,21H,4-14H2,1-3H3. The molecule has 0 bridgehead atoms. The summed E-state index contributed by atoms with van der Waals surface area (Å²) in [6.45, 7) is 6.93. The van der Waals surface area contributed by atoms with Crippen molar-refractivity contribution in [2.45, 2.75) is 64.6 Å². The Hall–Kier alpha value is -1.40. The number of aromatic nitrogens is 2. The van der Waals surface area contributed by atoms with Gasteiger partial charge in [-0.25, -0.2) is 0 Å². The van der Waals surface area contributed by atoms with Crippen molar-refractivity contribution in [3.8, 4) is 6.01 Å². The van der Waals surface area contributed by atoms with Gasteiger partial charge in [-0.05, 0) is 46.7 Å². The van der Waals surface area contributed by atoms with E-state index in [0.29, 0.717) is 17.5 Å². The van der Waals surface area contributed by atoms with E-state index >= 15 is 0 Å². The second-order valence-electron chi connectivity index (χ2n) is 8.78. The minimum Gasteiger partial charge on any atom is -0.463 e. The number of fused-ring (bicyclic) bond motifs is 1. The van der Waals surface area contributed by atoms with Crippen LogP contribution in [0.4, 0.5) is 5.82 Å². The zero-order valence-electron chi connectivity index (χ0n) is 16.6. The van der Waals surface area contributed by atoms with Crippen molar-refractivity contribution in [3.63, 3.8) is 0 Å². The molecule has 26 heavy (non-hydrogen) atoms. The molecule has 3 aliphatic rings. The van der Waals surface area contributed by atoms with Gasteiger partial charge < -0.3 is 19.9 Å². The zero-order valence-corrected chi connectivity index (χ0v) is 16.6. The monoisotopic (exact) mass is 359 g/mol. The second-order valence-corrected chi connectivity index (χ2v) is 8.78. The van der Waals surface area contributed by atoms with Crippen LogP contribution in [0.1, 0.15) is 56.7 Å². The van der Waals surface area contributed by atoms with Crippen molar-refractivity contribution in [3.05, 3.63) is 11.3 Å². The lowest BCUT2D eigenvalue weighted by molar-refractivity contribution is 0.182. The quantitative estimate of drug-likeness (QED) is 0.842. The highest BCUT2D eigenvalue weighted by molar-refractivity contribution is 5.52. The molecule has 0 radical (unpaired) electrons. The van der Waals surface area contributed by atoms with E-state index in [1.807, 2.05) is 0 Å². The number of anilines is 1. The molecular formula is C20H33N5O. The summed E-state index contributed by atoms with van der Waals surface area (Å²) in [6, 6.07) is 1.11. The number of nitrogens with zero attached hydrogens (tertiary/aromatic N) is 4. The smallest absolute Gasteiger partial charge is 0.318 e. The fraction of sp³-hybridized carbons (Fsp3) is 0.800. The predicted octanol–water partition coefficient (Wildman–Crippen LogP) is 2.57. The summed E-state index contributed by atoms with van der Waals surface area (Å²) in [5.74, 6) is 1.11. The van der Waals surface area contributed by atoms with Crippen LogP contribution < -0.4 is 15.0 Å². The Labute approximate surface area is 157 Å². The maximum atomic E-state index is 6.15. The minimum absolute atomic E-state index is 0.306. The third kappa shape index (κ3) is 3.81. The highest BCUT2D eigenvalue weighted by Gasteiger charge is 2.44. The number of hydrogen-bond donors (Lipinski definition) is 1. The number of hydrogen-bond acceptors (Lipinski definition) is 6. The first kappa shape index (κ1) is 18.0. The Bertz CT molecular complexity index is 643. The SMILES string of the molecule is CC1CCCCCN1c1nc(OCC2(CN(C)C)CC2)nc2c1CNC2. The summed E-state index contributed by atoms with van der Waals surface area (Å²) in [5.41, 5.74) is 2.71. The Morgan fingerprint density at radius 3 is 2.81 bits per heavy atom. The van der Waals surface area contributed by atoms with Crippen molar-refractivity contribution in [2.75, 3.05) is 38.7 Å². The molecule has 4 rings (SSSR count). The van der Waals surface area contributed by atoms with E-state index < -0.39 is 0 Å². The molecule has 0 spiro atoms. The highest BCUT2D eigenvalue weighted by Crippen LogP contribution is 2.46. The summed E-state index contributed by atoms with van der Waals surface area (Å²) in [6.07, 6.45) is 7.62. The Morgan fingerprint density at radius 2 is 2.04 bits per heavy atom. The van der Waals surface area contributed by atoms with Crippen LogP contribution in [0.2, 0.25) is 0 Å². The Morgan fingerprint density at radius 1 is 1.19 bits per heavy atom. The van der Waals surface area contributed by atoms with E-state index in [1.165, 1.54) is 44.1 Å². The van der Waals surface area contributed by atoms with Crippen molar-refractivity contribution < 1.29 is 4.74 Å². The van der Waals surface area contributed by atoms with E-state index in [1.54, 1.807) is 0 Å². The van der Waals surface area contributed by atoms with Crippen LogP contribution >= 0.6 is 0 Å². The first-order valence-corrected chi connectivity index (χ1v) is 10.2. The Balaban J connectivity index is 1.55. The van der Waals surface area contributed by atoms with E-state index in [2.05, 4.69) is 36.1 Å². The lowest BCUT2D eigenvalue weighted by Crippen LogP contribution is -2.34. The van der Waals surface area contributed by atoms with Gasteiger partial charge in [-0.1, -0.05) is 12.8 Å². The molecule has 1 atom stereocenters. The average molecular weight is 360 g/mol. The fourth-order valence-corrected chi connectivity index (χ4v) is 4.43. The van der Waals surface area contributed by atoms with Gasteiger partial charge in [0, 0.05) is 43.2 Å². The van der Waals surface area contributed by atoms with Crippen molar-refractivity contribution in [1.82, 2.24) is 20.2 Å². The van der Waals surface area contributed by atoms with E-state index in [9.17, 15) is 0 Å². The molecule has 144 valence electrons. The van der Waals surface area contributed by atoms with Crippen molar-refractivity contribution in [2.24, 2.45) is 5.41 Å². The first-order chi connectivity index (χ1) is 12.6. The van der Waals surface area contributed by atoms with Gasteiger partial charge in [-0.2, -0.15) is 9.97 Å². The van der Waals surface area contributed by atoms with Gasteiger partial charge in [0.1, 0.15) is 5.82 Å². The van der Waals surface area contributed by atoms with Gasteiger partial charge in [0.05, 0.1) is 12.3 Å². The molecule has 0 aromatic carbocycles. The van der Waals surface area contributed by atoms with E-state index in [4.69, 9.17) is 14.7 Å². The average Bonchev–Trinajstić information content (AvgIpc) is 3.25. The topological polar surface area (TPSA) is 53.5 Å². The van der Waals surface area contributed by atoms with Gasteiger partial charge >= 0.3 is 6.01 Å². The summed E-state index contributed by atoms with van der Waals surface area (Å²) in [5, 5.41) is 3.44. The van der Waals surface area contributed by atoms with Crippen LogP contribution in [0, 0.1) is 5.41 Å². The van der Waals surface area contributed by atoms with Crippen molar-refractivity contribution >= 4 is 5.82 Å². The third-order valence-electron chi connectivity index (χ3n) is 6.09. The molecule has 6 heteroatoms. The largest absolute Gasteiger partial charge is 0.463 e. The summed E-state index contributed by atoms with van der Waals surface area (Å²) in [4.78, 5) is 14.4. The van der Waals surface area contributed by atoms with Gasteiger partial charge in [0.25, 0.3) is 0 Å². The molecule has 2 fully saturated rings. The predicted molar refractivity (Wildman–Crippen MR) is 104 cm³/mol. The lowest BCUT2D eigenvalue weighted by Gasteiger charge is -2.30. The molecule has 1 aromatic heterocycles. The molecule has 0 amide bonds. The van der Waals surface area contributed by atoms with Crippen molar-refractivity contribution in [1.29, 1.82) is 0 Å². The normalized spacial score (nSPS) is 24.5. The highest BCUT2D eigenvalue weighted by atomic mass is 16.5. The molecule has 2 aliphatic heterocycles. The third-order valence-corrected chi connectivity index (χ3v) is 6.09. The van der Waals surface area contributed by atoms with E-state index in [-0.39, 0.29) is 0 Å². The molecular weight excluding hydrogens is 326 g/mol. The number of nitrogens with one attached hydrogen (secondary N) is 1. The van der Waals surface area contributed by atoms with Gasteiger partial charge in [0.2, 0.25) is 0 Å². The van der Waals surface area contributed by atoms with Crippen LogP contribution in [0.3, 0.4) is 0 Å². The van der Waals surface area contributed by atoms with Crippen LogP contribution in [0.25, 0.3) is 0 Å². The molecule has 6 nitrogen and oxygen atoms in total. The first-order valence-electron chi connectivity index (χ1n) is 10.2. The minimum atomic E-state index is 0.306. The molecule has 1 saturated heterocycles. The van der Waals surface area contributed by atoms with Crippen LogP contribution in [0.5, 0.6) is 6.01 Å². The van der Waals surface area contributed by atoms with Crippen LogP contribution in [0.15, 0.2) is 0 Å². The molecule has 1 aliphatic carbocycles. The summed E-state index contributed by atoms with van der Waals surface area (Å²) in [7, 11) is 4.27. The number of ether oxygens (including phenoxy) is 1. The van der Waals surface area contributed by atoms with E-state index in [0.717, 1.165) is 44.3 Å². The molecule has 3 heterocycles. The molecule has 1 saturated carbocycles.